The maximum atomic E-state index is 12.9. The smallest absolute Gasteiger partial charge is 0.267 e. The molecule has 7 nitrogen and oxygen atoms in total. The number of ether oxygens (including phenoxy) is 2. The minimum atomic E-state index is -0.835. The first kappa shape index (κ1) is 21.1. The maximum absolute atomic E-state index is 12.9. The number of hydrogen-bond acceptors (Lipinski definition) is 5. The van der Waals surface area contributed by atoms with Gasteiger partial charge in [0.2, 0.25) is 5.91 Å². The summed E-state index contributed by atoms with van der Waals surface area (Å²) in [5, 5.41) is 7.27. The molecule has 1 N–H and O–H groups in total. The first-order valence-corrected chi connectivity index (χ1v) is 9.54. The van der Waals surface area contributed by atoms with Crippen LogP contribution in [-0.4, -0.2) is 29.9 Å². The molecular formula is C23H25N3O4. The zero-order valence-corrected chi connectivity index (χ0v) is 17.7. The molecule has 0 radical (unpaired) electrons. The van der Waals surface area contributed by atoms with E-state index in [1.165, 1.54) is 25.0 Å². The van der Waals surface area contributed by atoms with Crippen LogP contribution in [0.2, 0.25) is 0 Å². The van der Waals surface area contributed by atoms with Crippen molar-refractivity contribution >= 4 is 11.6 Å². The van der Waals surface area contributed by atoms with E-state index >= 15 is 0 Å². The summed E-state index contributed by atoms with van der Waals surface area (Å²) in [6.07, 6.45) is 0. The number of aryl methyl sites for hydroxylation is 2. The number of anilines is 1. The van der Waals surface area contributed by atoms with Gasteiger partial charge in [-0.05, 0) is 50.6 Å². The van der Waals surface area contributed by atoms with Gasteiger partial charge in [-0.2, -0.15) is 5.10 Å². The van der Waals surface area contributed by atoms with Crippen molar-refractivity contribution in [3.63, 3.8) is 0 Å². The van der Waals surface area contributed by atoms with Crippen molar-refractivity contribution in [1.82, 2.24) is 9.78 Å². The Kier molecular flexibility index (Phi) is 6.20. The van der Waals surface area contributed by atoms with Crippen LogP contribution in [0.5, 0.6) is 11.5 Å². The van der Waals surface area contributed by atoms with Crippen molar-refractivity contribution in [1.29, 1.82) is 0 Å². The van der Waals surface area contributed by atoms with Crippen LogP contribution in [0.25, 0.3) is 11.3 Å². The number of aromatic nitrogens is 2. The van der Waals surface area contributed by atoms with Crippen LogP contribution in [0.3, 0.4) is 0 Å². The van der Waals surface area contributed by atoms with Crippen molar-refractivity contribution in [2.24, 2.45) is 0 Å². The summed E-state index contributed by atoms with van der Waals surface area (Å²) in [7, 11) is 3.05. The molecule has 0 spiro atoms. The summed E-state index contributed by atoms with van der Waals surface area (Å²) < 4.78 is 11.7. The van der Waals surface area contributed by atoms with Gasteiger partial charge in [0.05, 0.1) is 25.6 Å². The Bertz CT molecular complexity index is 1140. The van der Waals surface area contributed by atoms with Crippen LogP contribution in [0.15, 0.2) is 53.3 Å². The van der Waals surface area contributed by atoms with Gasteiger partial charge in [0.15, 0.2) is 0 Å². The third-order valence-electron chi connectivity index (χ3n) is 4.90. The van der Waals surface area contributed by atoms with E-state index in [0.717, 1.165) is 16.7 Å². The van der Waals surface area contributed by atoms with Crippen molar-refractivity contribution in [3.05, 3.63) is 70.0 Å². The van der Waals surface area contributed by atoms with Gasteiger partial charge in [0.25, 0.3) is 5.56 Å². The van der Waals surface area contributed by atoms with Gasteiger partial charge in [0, 0.05) is 17.7 Å². The summed E-state index contributed by atoms with van der Waals surface area (Å²) in [5.41, 5.74) is 3.78. The van der Waals surface area contributed by atoms with E-state index < -0.39 is 11.9 Å². The second-order valence-corrected chi connectivity index (χ2v) is 7.05. The molecule has 0 fully saturated rings. The van der Waals surface area contributed by atoms with Gasteiger partial charge < -0.3 is 14.8 Å². The van der Waals surface area contributed by atoms with E-state index in [2.05, 4.69) is 10.4 Å². The highest BCUT2D eigenvalue weighted by Gasteiger charge is 2.20. The van der Waals surface area contributed by atoms with Crippen molar-refractivity contribution < 1.29 is 14.3 Å². The van der Waals surface area contributed by atoms with E-state index in [1.54, 1.807) is 31.2 Å². The Labute approximate surface area is 175 Å². The summed E-state index contributed by atoms with van der Waals surface area (Å²) >= 11 is 0. The largest absolute Gasteiger partial charge is 0.497 e. The lowest BCUT2D eigenvalue weighted by atomic mass is 10.0. The average molecular weight is 407 g/mol. The van der Waals surface area contributed by atoms with Crippen LogP contribution in [0.1, 0.15) is 24.1 Å². The van der Waals surface area contributed by atoms with Gasteiger partial charge in [-0.15, -0.1) is 0 Å². The molecule has 0 saturated carbocycles. The molecule has 0 aliphatic carbocycles. The number of carbonyl (C=O) groups is 1. The van der Waals surface area contributed by atoms with Crippen LogP contribution in [-0.2, 0) is 4.79 Å². The molecule has 3 rings (SSSR count). The monoisotopic (exact) mass is 407 g/mol. The highest BCUT2D eigenvalue weighted by atomic mass is 16.5. The van der Waals surface area contributed by atoms with Crippen molar-refractivity contribution in [2.45, 2.75) is 26.8 Å². The maximum Gasteiger partial charge on any atom is 0.267 e. The summed E-state index contributed by atoms with van der Waals surface area (Å²) in [6.45, 7) is 5.61. The fourth-order valence-electron chi connectivity index (χ4n) is 3.12. The molecule has 1 heterocycles. The molecule has 0 aliphatic rings. The molecule has 0 bridgehead atoms. The Morgan fingerprint density at radius 2 is 1.80 bits per heavy atom. The van der Waals surface area contributed by atoms with Crippen LogP contribution in [0.4, 0.5) is 5.69 Å². The Hall–Kier alpha value is -3.61. The molecule has 1 atom stereocenters. The molecule has 0 saturated heterocycles. The number of benzene rings is 2. The summed E-state index contributed by atoms with van der Waals surface area (Å²) in [6, 6.07) is 13.4. The number of carbonyl (C=O) groups excluding carboxylic acids is 1. The molecule has 1 amide bonds. The standard InChI is InChI=1S/C23H25N3O4/c1-14-6-7-15(2)18(12-14)19-9-11-22(27)26(25-19)16(3)23(28)24-20-13-17(29-4)8-10-21(20)30-5/h6-13,16H,1-5H3,(H,24,28). The fraction of sp³-hybridized carbons (Fsp3) is 0.261. The van der Waals surface area contributed by atoms with Gasteiger partial charge >= 0.3 is 0 Å². The highest BCUT2D eigenvalue weighted by Crippen LogP contribution is 2.29. The highest BCUT2D eigenvalue weighted by molar-refractivity contribution is 5.95. The molecule has 3 aromatic rings. The van der Waals surface area contributed by atoms with Gasteiger partial charge in [-0.25, -0.2) is 4.68 Å². The van der Waals surface area contributed by atoms with E-state index in [1.807, 2.05) is 32.0 Å². The van der Waals surface area contributed by atoms with Gasteiger partial charge in [-0.1, -0.05) is 17.7 Å². The Morgan fingerprint density at radius 1 is 1.03 bits per heavy atom. The van der Waals surface area contributed by atoms with E-state index in [0.29, 0.717) is 22.9 Å². The average Bonchev–Trinajstić information content (AvgIpc) is 2.75. The minimum Gasteiger partial charge on any atom is -0.497 e. The predicted octanol–water partition coefficient (Wildman–Crippen LogP) is 3.74. The van der Waals surface area contributed by atoms with E-state index in [4.69, 9.17) is 9.47 Å². The molecular weight excluding hydrogens is 382 g/mol. The number of nitrogens with zero attached hydrogens (tertiary/aromatic N) is 2. The fourth-order valence-corrected chi connectivity index (χ4v) is 3.12. The predicted molar refractivity (Wildman–Crippen MR) is 116 cm³/mol. The molecule has 30 heavy (non-hydrogen) atoms. The Balaban J connectivity index is 1.93. The quantitative estimate of drug-likeness (QED) is 0.673. The molecule has 7 heteroatoms. The molecule has 156 valence electrons. The third-order valence-corrected chi connectivity index (χ3v) is 4.90. The second-order valence-electron chi connectivity index (χ2n) is 7.05. The van der Waals surface area contributed by atoms with Crippen LogP contribution >= 0.6 is 0 Å². The number of hydrogen-bond donors (Lipinski definition) is 1. The Morgan fingerprint density at radius 3 is 2.50 bits per heavy atom. The SMILES string of the molecule is COc1ccc(OC)c(NC(=O)C(C)n2nc(-c3cc(C)ccc3C)ccc2=O)c1. The minimum absolute atomic E-state index is 0.357. The topological polar surface area (TPSA) is 82.4 Å². The van der Waals surface area contributed by atoms with E-state index in [9.17, 15) is 9.59 Å². The lowest BCUT2D eigenvalue weighted by Gasteiger charge is -2.17. The van der Waals surface area contributed by atoms with Gasteiger partial charge in [-0.3, -0.25) is 9.59 Å². The number of amides is 1. The number of methoxy groups -OCH3 is 2. The molecule has 1 aromatic heterocycles. The molecule has 0 aliphatic heterocycles. The third kappa shape index (κ3) is 4.35. The summed E-state index contributed by atoms with van der Waals surface area (Å²) in [4.78, 5) is 25.3. The van der Waals surface area contributed by atoms with Gasteiger partial charge in [0.1, 0.15) is 17.5 Å². The normalized spacial score (nSPS) is 11.6. The summed E-state index contributed by atoms with van der Waals surface area (Å²) in [5.74, 6) is 0.668. The zero-order chi connectivity index (χ0) is 21.8. The first-order valence-electron chi connectivity index (χ1n) is 9.54. The molecule has 2 aromatic carbocycles. The second kappa shape index (κ2) is 8.82. The zero-order valence-electron chi connectivity index (χ0n) is 17.7. The number of nitrogens with one attached hydrogen (secondary N) is 1. The van der Waals surface area contributed by atoms with Crippen molar-refractivity contribution in [2.75, 3.05) is 19.5 Å². The lowest BCUT2D eigenvalue weighted by Crippen LogP contribution is -2.33. The van der Waals surface area contributed by atoms with Crippen LogP contribution in [0, 0.1) is 13.8 Å². The molecule has 1 unspecified atom stereocenters. The van der Waals surface area contributed by atoms with Crippen molar-refractivity contribution in [3.8, 4) is 22.8 Å². The lowest BCUT2D eigenvalue weighted by molar-refractivity contribution is -0.119. The van der Waals surface area contributed by atoms with Crippen LogP contribution < -0.4 is 20.3 Å². The van der Waals surface area contributed by atoms with E-state index in [-0.39, 0.29) is 5.56 Å². The first-order chi connectivity index (χ1) is 14.3. The number of rotatable bonds is 6.